The maximum atomic E-state index is 13.2. The van der Waals surface area contributed by atoms with Crippen LogP contribution < -0.4 is 5.32 Å². The van der Waals surface area contributed by atoms with Gasteiger partial charge in [-0.2, -0.15) is 18.3 Å². The number of hydrogen-bond donors (Lipinski definition) is 1. The van der Waals surface area contributed by atoms with E-state index in [1.165, 1.54) is 6.07 Å². The molecule has 0 bridgehead atoms. The Morgan fingerprint density at radius 2 is 1.74 bits per heavy atom. The fourth-order valence-corrected chi connectivity index (χ4v) is 4.05. The average molecular weight is 477 g/mol. The molecule has 0 radical (unpaired) electrons. The second-order valence-corrected chi connectivity index (χ2v) is 8.24. The molecular formula is C25H22F3N7. The molecule has 0 aliphatic heterocycles. The Labute approximate surface area is 199 Å². The van der Waals surface area contributed by atoms with Gasteiger partial charge < -0.3 is 5.32 Å². The van der Waals surface area contributed by atoms with Gasteiger partial charge in [-0.15, -0.1) is 0 Å². The molecule has 1 N–H and O–H groups in total. The topological polar surface area (TPSA) is 73.5 Å². The molecule has 0 unspecified atom stereocenters. The number of rotatable bonds is 5. The van der Waals surface area contributed by atoms with E-state index in [1.807, 2.05) is 55.8 Å². The summed E-state index contributed by atoms with van der Waals surface area (Å²) < 4.78 is 43.1. The second kappa shape index (κ2) is 8.53. The fraction of sp³-hybridized carbons (Fsp3) is 0.200. The van der Waals surface area contributed by atoms with Crippen molar-refractivity contribution in [2.24, 2.45) is 7.05 Å². The third-order valence-corrected chi connectivity index (χ3v) is 5.88. The van der Waals surface area contributed by atoms with Crippen molar-refractivity contribution in [2.45, 2.75) is 26.6 Å². The zero-order valence-corrected chi connectivity index (χ0v) is 19.3. The van der Waals surface area contributed by atoms with E-state index in [1.54, 1.807) is 17.1 Å². The Morgan fingerprint density at radius 1 is 0.971 bits per heavy atom. The molecule has 3 heterocycles. The lowest BCUT2D eigenvalue weighted by atomic mass is 10.1. The number of nitrogens with one attached hydrogen (secondary N) is 1. The first kappa shape index (κ1) is 22.6. The van der Waals surface area contributed by atoms with Crippen molar-refractivity contribution in [3.8, 4) is 17.1 Å². The van der Waals surface area contributed by atoms with Gasteiger partial charge >= 0.3 is 6.18 Å². The molecule has 7 nitrogen and oxygen atoms in total. The van der Waals surface area contributed by atoms with E-state index >= 15 is 0 Å². The SMILES string of the molecule is Cc1nn(C)c(C)c1-c1nc(NCc2cccc(C(F)(F)F)c2)c2ncn(-c3ccccc3)c2n1. The number of aromatic nitrogens is 6. The molecule has 0 atom stereocenters. The number of nitrogens with zero attached hydrogens (tertiary/aromatic N) is 6. The van der Waals surface area contributed by atoms with Crippen LogP contribution in [0.15, 0.2) is 60.9 Å². The Morgan fingerprint density at radius 3 is 2.43 bits per heavy atom. The Hall–Kier alpha value is -4.21. The molecule has 0 saturated carbocycles. The minimum Gasteiger partial charge on any atom is -0.364 e. The summed E-state index contributed by atoms with van der Waals surface area (Å²) in [6.07, 6.45) is -2.74. The van der Waals surface area contributed by atoms with E-state index in [-0.39, 0.29) is 6.54 Å². The number of anilines is 1. The summed E-state index contributed by atoms with van der Waals surface area (Å²) in [5.41, 5.74) is 4.24. The maximum Gasteiger partial charge on any atom is 0.416 e. The van der Waals surface area contributed by atoms with Gasteiger partial charge in [0.2, 0.25) is 0 Å². The van der Waals surface area contributed by atoms with Gasteiger partial charge in [-0.25, -0.2) is 15.0 Å². The van der Waals surface area contributed by atoms with Gasteiger partial charge in [0, 0.05) is 25.0 Å². The number of aryl methyl sites for hydroxylation is 2. The van der Waals surface area contributed by atoms with Crippen LogP contribution in [0.25, 0.3) is 28.2 Å². The van der Waals surface area contributed by atoms with Crippen LogP contribution in [0.1, 0.15) is 22.5 Å². The molecule has 0 amide bonds. The first-order valence-electron chi connectivity index (χ1n) is 10.9. The van der Waals surface area contributed by atoms with Crippen LogP contribution in [-0.2, 0) is 19.8 Å². The Kier molecular flexibility index (Phi) is 5.50. The lowest BCUT2D eigenvalue weighted by Crippen LogP contribution is -2.08. The van der Waals surface area contributed by atoms with Crippen LogP contribution in [0, 0.1) is 13.8 Å². The number of halogens is 3. The predicted molar refractivity (Wildman–Crippen MR) is 127 cm³/mol. The molecule has 178 valence electrons. The minimum atomic E-state index is -4.41. The van der Waals surface area contributed by atoms with Gasteiger partial charge in [0.05, 0.1) is 16.8 Å². The van der Waals surface area contributed by atoms with Crippen molar-refractivity contribution < 1.29 is 13.2 Å². The second-order valence-electron chi connectivity index (χ2n) is 8.24. The normalized spacial score (nSPS) is 11.8. The third kappa shape index (κ3) is 4.23. The fourth-order valence-electron chi connectivity index (χ4n) is 4.05. The zero-order chi connectivity index (χ0) is 24.7. The van der Waals surface area contributed by atoms with Crippen molar-refractivity contribution in [1.29, 1.82) is 0 Å². The zero-order valence-electron chi connectivity index (χ0n) is 19.3. The number of benzene rings is 2. The summed E-state index contributed by atoms with van der Waals surface area (Å²) in [5.74, 6) is 0.893. The maximum absolute atomic E-state index is 13.2. The highest BCUT2D eigenvalue weighted by molar-refractivity contribution is 5.86. The van der Waals surface area contributed by atoms with Gasteiger partial charge in [-0.3, -0.25) is 9.25 Å². The highest BCUT2D eigenvalue weighted by atomic mass is 19.4. The number of alkyl halides is 3. The van der Waals surface area contributed by atoms with Crippen LogP contribution in [0.2, 0.25) is 0 Å². The molecule has 0 spiro atoms. The summed E-state index contributed by atoms with van der Waals surface area (Å²) in [4.78, 5) is 14.1. The van der Waals surface area contributed by atoms with E-state index in [0.717, 1.165) is 34.8 Å². The number of para-hydroxylation sites is 1. The smallest absolute Gasteiger partial charge is 0.364 e. The van der Waals surface area contributed by atoms with Crippen LogP contribution >= 0.6 is 0 Å². The Balaban J connectivity index is 1.62. The molecule has 0 fully saturated rings. The third-order valence-electron chi connectivity index (χ3n) is 5.88. The molecule has 10 heteroatoms. The average Bonchev–Trinajstić information content (AvgIpc) is 3.37. The van der Waals surface area contributed by atoms with Gasteiger partial charge in [-0.1, -0.05) is 30.3 Å². The first-order valence-corrected chi connectivity index (χ1v) is 10.9. The highest BCUT2D eigenvalue weighted by Gasteiger charge is 2.30. The number of imidazole rings is 1. The van der Waals surface area contributed by atoms with Crippen LogP contribution in [-0.4, -0.2) is 29.3 Å². The van der Waals surface area contributed by atoms with Gasteiger partial charge in [0.15, 0.2) is 22.8 Å². The quantitative estimate of drug-likeness (QED) is 0.364. The van der Waals surface area contributed by atoms with Crippen molar-refractivity contribution in [1.82, 2.24) is 29.3 Å². The van der Waals surface area contributed by atoms with E-state index in [2.05, 4.69) is 15.4 Å². The molecule has 5 rings (SSSR count). The molecule has 2 aromatic carbocycles. The molecule has 3 aromatic heterocycles. The summed E-state index contributed by atoms with van der Waals surface area (Å²) in [6.45, 7) is 3.96. The van der Waals surface area contributed by atoms with E-state index in [9.17, 15) is 13.2 Å². The van der Waals surface area contributed by atoms with Crippen LogP contribution in [0.5, 0.6) is 0 Å². The standard InChI is InChI=1S/C25H22F3N7/c1-15-20(16(2)34(3)33-15)22-31-23(29-13-17-8-7-9-18(12-17)25(26,27)28)21-24(32-22)35(14-30-21)19-10-5-4-6-11-19/h4-12,14H,13H2,1-3H3,(H,29,31,32). The van der Waals surface area contributed by atoms with Gasteiger partial charge in [0.1, 0.15) is 6.33 Å². The highest BCUT2D eigenvalue weighted by Crippen LogP contribution is 2.31. The summed E-state index contributed by atoms with van der Waals surface area (Å²) in [5, 5.41) is 7.66. The van der Waals surface area contributed by atoms with Crippen molar-refractivity contribution >= 4 is 17.0 Å². The molecule has 0 saturated heterocycles. The van der Waals surface area contributed by atoms with E-state index in [0.29, 0.717) is 28.4 Å². The van der Waals surface area contributed by atoms with Gasteiger partial charge in [-0.05, 0) is 43.7 Å². The number of fused-ring (bicyclic) bond motifs is 1. The lowest BCUT2D eigenvalue weighted by Gasteiger charge is -2.12. The monoisotopic (exact) mass is 477 g/mol. The minimum absolute atomic E-state index is 0.138. The lowest BCUT2D eigenvalue weighted by molar-refractivity contribution is -0.137. The molecule has 5 aromatic rings. The molecule has 0 aliphatic carbocycles. The largest absolute Gasteiger partial charge is 0.416 e. The van der Waals surface area contributed by atoms with Crippen LogP contribution in [0.3, 0.4) is 0 Å². The Bertz CT molecular complexity index is 1520. The van der Waals surface area contributed by atoms with Crippen LogP contribution in [0.4, 0.5) is 19.0 Å². The van der Waals surface area contributed by atoms with Crippen molar-refractivity contribution in [3.63, 3.8) is 0 Å². The van der Waals surface area contributed by atoms with E-state index in [4.69, 9.17) is 9.97 Å². The summed E-state index contributed by atoms with van der Waals surface area (Å²) >= 11 is 0. The molecule has 0 aliphatic rings. The first-order chi connectivity index (χ1) is 16.7. The summed E-state index contributed by atoms with van der Waals surface area (Å²) in [7, 11) is 1.85. The van der Waals surface area contributed by atoms with Crippen molar-refractivity contribution in [2.75, 3.05) is 5.32 Å². The predicted octanol–water partition coefficient (Wildman–Crippen LogP) is 5.46. The van der Waals surface area contributed by atoms with Gasteiger partial charge in [0.25, 0.3) is 0 Å². The summed E-state index contributed by atoms with van der Waals surface area (Å²) in [6, 6.07) is 14.9. The van der Waals surface area contributed by atoms with E-state index < -0.39 is 11.7 Å². The number of hydrogen-bond acceptors (Lipinski definition) is 5. The van der Waals surface area contributed by atoms with Crippen molar-refractivity contribution in [3.05, 3.63) is 83.4 Å². The molecule has 35 heavy (non-hydrogen) atoms. The molecular weight excluding hydrogens is 455 g/mol.